The molecule has 2 nitrogen and oxygen atoms in total. The van der Waals surface area contributed by atoms with Crippen molar-refractivity contribution in [3.05, 3.63) is 32.4 Å². The highest BCUT2D eigenvalue weighted by Gasteiger charge is 2.07. The first-order chi connectivity index (χ1) is 5.11. The molecular formula is C7H6ClIO2. The van der Waals surface area contributed by atoms with Crippen molar-refractivity contribution in [3.8, 4) is 0 Å². The zero-order chi connectivity index (χ0) is 8.43. The van der Waals surface area contributed by atoms with Crippen LogP contribution >= 0.6 is 34.2 Å². The number of hydrogen-bond donors (Lipinski definition) is 2. The van der Waals surface area contributed by atoms with E-state index in [9.17, 15) is 0 Å². The van der Waals surface area contributed by atoms with Crippen molar-refractivity contribution in [1.82, 2.24) is 0 Å². The van der Waals surface area contributed by atoms with Crippen molar-refractivity contribution >= 4 is 34.2 Å². The Bertz CT molecular complexity index is 263. The maximum absolute atomic E-state index is 8.80. The van der Waals surface area contributed by atoms with Crippen LogP contribution in [0.4, 0.5) is 0 Å². The maximum atomic E-state index is 8.80. The second-order valence-electron chi connectivity index (χ2n) is 2.04. The summed E-state index contributed by atoms with van der Waals surface area (Å²) in [6.45, 7) is 0. The van der Waals surface area contributed by atoms with Crippen LogP contribution in [0.15, 0.2) is 18.2 Å². The fourth-order valence-electron chi connectivity index (χ4n) is 0.712. The third-order valence-electron chi connectivity index (χ3n) is 1.24. The molecule has 0 bridgehead atoms. The van der Waals surface area contributed by atoms with Gasteiger partial charge in [0.2, 0.25) is 0 Å². The summed E-state index contributed by atoms with van der Waals surface area (Å²) in [5, 5.41) is 18.0. The van der Waals surface area contributed by atoms with Gasteiger partial charge < -0.3 is 10.2 Å². The van der Waals surface area contributed by atoms with Gasteiger partial charge in [-0.3, -0.25) is 0 Å². The molecule has 0 heterocycles. The zero-order valence-electron chi connectivity index (χ0n) is 5.46. The summed E-state index contributed by atoms with van der Waals surface area (Å²) in [5.74, 6) is 0. The summed E-state index contributed by atoms with van der Waals surface area (Å²) in [4.78, 5) is 0. The molecule has 11 heavy (non-hydrogen) atoms. The van der Waals surface area contributed by atoms with E-state index in [1.165, 1.54) is 0 Å². The van der Waals surface area contributed by atoms with E-state index < -0.39 is 6.29 Å². The summed E-state index contributed by atoms with van der Waals surface area (Å²) in [7, 11) is 0. The normalized spacial score (nSPS) is 10.6. The molecule has 0 spiro atoms. The van der Waals surface area contributed by atoms with Gasteiger partial charge in [-0.25, -0.2) is 0 Å². The number of benzene rings is 1. The quantitative estimate of drug-likeness (QED) is 0.611. The van der Waals surface area contributed by atoms with Crippen molar-refractivity contribution in [1.29, 1.82) is 0 Å². The van der Waals surface area contributed by atoms with Crippen LogP contribution in [-0.4, -0.2) is 10.2 Å². The third-order valence-corrected chi connectivity index (χ3v) is 2.25. The predicted octanol–water partition coefficient (Wildman–Crippen LogP) is 1.93. The number of rotatable bonds is 1. The second-order valence-corrected chi connectivity index (χ2v) is 3.69. The third kappa shape index (κ3) is 2.30. The summed E-state index contributed by atoms with van der Waals surface area (Å²) in [6.07, 6.45) is -1.49. The molecule has 0 atom stereocenters. The van der Waals surface area contributed by atoms with E-state index in [-0.39, 0.29) is 0 Å². The van der Waals surface area contributed by atoms with Crippen molar-refractivity contribution in [2.45, 2.75) is 6.29 Å². The van der Waals surface area contributed by atoms with Crippen LogP contribution in [-0.2, 0) is 0 Å². The van der Waals surface area contributed by atoms with E-state index in [0.717, 1.165) is 3.57 Å². The fourth-order valence-corrected chi connectivity index (χ4v) is 1.44. The largest absolute Gasteiger partial charge is 0.364 e. The Morgan fingerprint density at radius 2 is 2.00 bits per heavy atom. The number of aliphatic hydroxyl groups is 2. The van der Waals surface area contributed by atoms with Crippen LogP contribution in [0.1, 0.15) is 11.9 Å². The Morgan fingerprint density at radius 3 is 2.45 bits per heavy atom. The number of halogens is 2. The molecule has 1 rings (SSSR count). The van der Waals surface area contributed by atoms with E-state index in [2.05, 4.69) is 22.6 Å². The highest BCUT2D eigenvalue weighted by Crippen LogP contribution is 2.23. The smallest absolute Gasteiger partial charge is 0.179 e. The lowest BCUT2D eigenvalue weighted by Crippen LogP contribution is -1.95. The van der Waals surface area contributed by atoms with E-state index in [4.69, 9.17) is 21.8 Å². The first-order valence-corrected chi connectivity index (χ1v) is 4.38. The van der Waals surface area contributed by atoms with Gasteiger partial charge in [-0.15, -0.1) is 0 Å². The van der Waals surface area contributed by atoms with Crippen LogP contribution in [0.5, 0.6) is 0 Å². The second kappa shape index (κ2) is 3.71. The summed E-state index contributed by atoms with van der Waals surface area (Å²) >= 11 is 7.74. The van der Waals surface area contributed by atoms with Gasteiger partial charge in [0.05, 0.1) is 0 Å². The van der Waals surface area contributed by atoms with Crippen molar-refractivity contribution in [3.63, 3.8) is 0 Å². The molecule has 0 aliphatic carbocycles. The summed E-state index contributed by atoms with van der Waals surface area (Å²) in [5.41, 5.74) is 0.346. The Morgan fingerprint density at radius 1 is 1.36 bits per heavy atom. The van der Waals surface area contributed by atoms with Gasteiger partial charge in [0.15, 0.2) is 6.29 Å². The van der Waals surface area contributed by atoms with Crippen LogP contribution in [0.3, 0.4) is 0 Å². The van der Waals surface area contributed by atoms with Crippen LogP contribution in [0.2, 0.25) is 5.02 Å². The van der Waals surface area contributed by atoms with Crippen LogP contribution < -0.4 is 0 Å². The maximum Gasteiger partial charge on any atom is 0.179 e. The minimum absolute atomic E-state index is 0.346. The molecule has 4 heteroatoms. The van der Waals surface area contributed by atoms with Gasteiger partial charge in [-0.05, 0) is 40.8 Å². The Hall–Kier alpha value is 0.160. The minimum Gasteiger partial charge on any atom is -0.364 e. The Balaban J connectivity index is 3.13. The van der Waals surface area contributed by atoms with Gasteiger partial charge in [-0.1, -0.05) is 11.6 Å². The predicted molar refractivity (Wildman–Crippen MR) is 51.3 cm³/mol. The first kappa shape index (κ1) is 9.25. The Kier molecular flexibility index (Phi) is 3.12. The highest BCUT2D eigenvalue weighted by molar-refractivity contribution is 14.1. The fraction of sp³-hybridized carbons (Fsp3) is 0.143. The van der Waals surface area contributed by atoms with Crippen LogP contribution in [0.25, 0.3) is 0 Å². The van der Waals surface area contributed by atoms with Gasteiger partial charge >= 0.3 is 0 Å². The lowest BCUT2D eigenvalue weighted by molar-refractivity contribution is -0.0424. The van der Waals surface area contributed by atoms with Crippen molar-refractivity contribution in [2.24, 2.45) is 0 Å². The number of hydrogen-bond acceptors (Lipinski definition) is 2. The molecule has 1 aromatic carbocycles. The monoisotopic (exact) mass is 284 g/mol. The molecule has 0 unspecified atom stereocenters. The molecule has 0 fully saturated rings. The lowest BCUT2D eigenvalue weighted by Gasteiger charge is -2.05. The van der Waals surface area contributed by atoms with E-state index >= 15 is 0 Å². The first-order valence-electron chi connectivity index (χ1n) is 2.92. The Labute approximate surface area is 82.9 Å². The van der Waals surface area contributed by atoms with E-state index in [1.54, 1.807) is 18.2 Å². The van der Waals surface area contributed by atoms with Gasteiger partial charge in [-0.2, -0.15) is 0 Å². The van der Waals surface area contributed by atoms with Crippen LogP contribution in [0, 0.1) is 3.57 Å². The highest BCUT2D eigenvalue weighted by atomic mass is 127. The summed E-state index contributed by atoms with van der Waals surface area (Å²) < 4.78 is 0.926. The van der Waals surface area contributed by atoms with E-state index in [0.29, 0.717) is 10.6 Å². The molecule has 0 amide bonds. The minimum atomic E-state index is -1.49. The average Bonchev–Trinajstić information content (AvgIpc) is 1.94. The molecular weight excluding hydrogens is 278 g/mol. The zero-order valence-corrected chi connectivity index (χ0v) is 8.37. The molecule has 2 N–H and O–H groups in total. The molecule has 0 radical (unpaired) electrons. The lowest BCUT2D eigenvalue weighted by atomic mass is 10.2. The molecule has 0 saturated heterocycles. The van der Waals surface area contributed by atoms with Crippen molar-refractivity contribution < 1.29 is 10.2 Å². The molecule has 0 aromatic heterocycles. The topological polar surface area (TPSA) is 40.5 Å². The summed E-state index contributed by atoms with van der Waals surface area (Å²) in [6, 6.07) is 5.07. The van der Waals surface area contributed by atoms with Gasteiger partial charge in [0, 0.05) is 14.2 Å². The molecule has 0 aliphatic heterocycles. The SMILES string of the molecule is OC(O)c1cc(I)ccc1Cl. The molecule has 1 aromatic rings. The molecule has 0 aliphatic rings. The number of aliphatic hydroxyl groups excluding tert-OH is 1. The van der Waals surface area contributed by atoms with Crippen molar-refractivity contribution in [2.75, 3.05) is 0 Å². The van der Waals surface area contributed by atoms with Gasteiger partial charge in [0.25, 0.3) is 0 Å². The molecule has 60 valence electrons. The molecule has 0 saturated carbocycles. The standard InChI is InChI=1S/C7H6ClIO2/c8-6-2-1-4(9)3-5(6)7(10)11/h1-3,7,10-11H. The van der Waals surface area contributed by atoms with E-state index in [1.807, 2.05) is 0 Å². The van der Waals surface area contributed by atoms with Gasteiger partial charge in [0.1, 0.15) is 0 Å². The average molecular weight is 284 g/mol.